The normalized spacial score (nSPS) is 17.9. The van der Waals surface area contributed by atoms with Gasteiger partial charge in [0.25, 0.3) is 0 Å². The number of hydrogen-bond donors (Lipinski definition) is 0. The number of rotatable bonds is 4. The van der Waals surface area contributed by atoms with Gasteiger partial charge in [-0.05, 0) is 18.6 Å². The van der Waals surface area contributed by atoms with Crippen molar-refractivity contribution in [3.05, 3.63) is 18.2 Å². The summed E-state index contributed by atoms with van der Waals surface area (Å²) in [4.78, 5) is 15.9. The molecule has 0 aromatic heterocycles. The van der Waals surface area contributed by atoms with Crippen LogP contribution in [0.3, 0.4) is 0 Å². The third-order valence-electron chi connectivity index (χ3n) is 3.94. The highest BCUT2D eigenvalue weighted by molar-refractivity contribution is 5.78. The van der Waals surface area contributed by atoms with Crippen molar-refractivity contribution >= 4 is 11.6 Å². The van der Waals surface area contributed by atoms with Crippen molar-refractivity contribution in [2.45, 2.75) is 12.8 Å². The fraction of sp³-hybridized carbons (Fsp3) is 0.533. The quantitative estimate of drug-likeness (QED) is 0.836. The summed E-state index contributed by atoms with van der Waals surface area (Å²) >= 11 is 0. The fourth-order valence-corrected chi connectivity index (χ4v) is 2.79. The van der Waals surface area contributed by atoms with Crippen molar-refractivity contribution in [3.8, 4) is 11.5 Å². The highest BCUT2D eigenvalue weighted by Crippen LogP contribution is 2.34. The summed E-state index contributed by atoms with van der Waals surface area (Å²) in [7, 11) is 1.67. The third-order valence-corrected chi connectivity index (χ3v) is 3.94. The molecular formula is C15H20N2O3. The first kappa shape index (κ1) is 13.1. The second kappa shape index (κ2) is 5.61. The minimum Gasteiger partial charge on any atom is -0.497 e. The Bertz CT molecular complexity index is 504. The zero-order valence-corrected chi connectivity index (χ0v) is 11.8. The summed E-state index contributed by atoms with van der Waals surface area (Å²) < 4.78 is 10.9. The lowest BCUT2D eigenvalue weighted by Crippen LogP contribution is -2.39. The molecule has 0 radical (unpaired) electrons. The molecule has 2 aliphatic rings. The molecular weight excluding hydrogens is 256 g/mol. The van der Waals surface area contributed by atoms with Crippen LogP contribution in [0.15, 0.2) is 18.2 Å². The maximum absolute atomic E-state index is 11.7. The van der Waals surface area contributed by atoms with E-state index in [2.05, 4.69) is 4.90 Å². The van der Waals surface area contributed by atoms with Gasteiger partial charge in [-0.3, -0.25) is 4.79 Å². The molecule has 3 rings (SSSR count). The molecule has 0 N–H and O–H groups in total. The summed E-state index contributed by atoms with van der Waals surface area (Å²) in [5.74, 6) is 2.01. The van der Waals surface area contributed by atoms with Gasteiger partial charge in [-0.15, -0.1) is 0 Å². The van der Waals surface area contributed by atoms with Crippen molar-refractivity contribution < 1.29 is 14.3 Å². The topological polar surface area (TPSA) is 42.0 Å². The first-order chi connectivity index (χ1) is 9.78. The minimum atomic E-state index is 0.282. The van der Waals surface area contributed by atoms with Crippen LogP contribution in [0.5, 0.6) is 11.5 Å². The second-order valence-corrected chi connectivity index (χ2v) is 5.15. The Morgan fingerprint density at radius 1 is 1.25 bits per heavy atom. The summed E-state index contributed by atoms with van der Waals surface area (Å²) in [5.41, 5.74) is 1.06. The SMILES string of the molecule is COc1ccc2c(c1)N(CCN1CCCC1=O)CCO2. The van der Waals surface area contributed by atoms with E-state index >= 15 is 0 Å². The lowest BCUT2D eigenvalue weighted by Gasteiger charge is -2.32. The van der Waals surface area contributed by atoms with Gasteiger partial charge in [0.05, 0.1) is 19.3 Å². The van der Waals surface area contributed by atoms with E-state index in [4.69, 9.17) is 9.47 Å². The molecule has 5 heteroatoms. The molecule has 5 nitrogen and oxygen atoms in total. The van der Waals surface area contributed by atoms with E-state index in [1.54, 1.807) is 7.11 Å². The van der Waals surface area contributed by atoms with Gasteiger partial charge in [-0.2, -0.15) is 0 Å². The number of likely N-dealkylation sites (tertiary alicyclic amines) is 1. The molecule has 108 valence electrons. The number of amides is 1. The predicted octanol–water partition coefficient (Wildman–Crippen LogP) is 1.52. The summed E-state index contributed by atoms with van der Waals surface area (Å²) in [5, 5.41) is 0. The smallest absolute Gasteiger partial charge is 0.222 e. The third kappa shape index (κ3) is 2.53. The van der Waals surface area contributed by atoms with Gasteiger partial charge in [-0.25, -0.2) is 0 Å². The van der Waals surface area contributed by atoms with Crippen LogP contribution in [0.1, 0.15) is 12.8 Å². The molecule has 0 spiro atoms. The number of anilines is 1. The molecule has 1 aromatic rings. The molecule has 0 atom stereocenters. The van der Waals surface area contributed by atoms with E-state index < -0.39 is 0 Å². The maximum Gasteiger partial charge on any atom is 0.222 e. The standard InChI is InChI=1S/C15H20N2O3/c1-19-12-4-5-14-13(11-12)16(9-10-20-14)7-8-17-6-2-3-15(17)18/h4-5,11H,2-3,6-10H2,1H3. The van der Waals surface area contributed by atoms with Crippen molar-refractivity contribution in [1.29, 1.82) is 0 Å². The van der Waals surface area contributed by atoms with Crippen molar-refractivity contribution in [1.82, 2.24) is 4.90 Å². The Morgan fingerprint density at radius 2 is 2.10 bits per heavy atom. The van der Waals surface area contributed by atoms with Crippen LogP contribution in [-0.4, -0.2) is 50.7 Å². The van der Waals surface area contributed by atoms with Gasteiger partial charge in [0.15, 0.2) is 0 Å². The van der Waals surface area contributed by atoms with Crippen LogP contribution in [0, 0.1) is 0 Å². The van der Waals surface area contributed by atoms with Crippen molar-refractivity contribution in [3.63, 3.8) is 0 Å². The van der Waals surface area contributed by atoms with E-state index in [0.29, 0.717) is 13.0 Å². The highest BCUT2D eigenvalue weighted by atomic mass is 16.5. The number of fused-ring (bicyclic) bond motifs is 1. The Kier molecular flexibility index (Phi) is 3.67. The van der Waals surface area contributed by atoms with Gasteiger partial charge >= 0.3 is 0 Å². The first-order valence-electron chi connectivity index (χ1n) is 7.11. The van der Waals surface area contributed by atoms with Crippen LogP contribution in [0.4, 0.5) is 5.69 Å². The predicted molar refractivity (Wildman–Crippen MR) is 76.5 cm³/mol. The Balaban J connectivity index is 1.70. The number of carbonyl (C=O) groups is 1. The van der Waals surface area contributed by atoms with Crippen LogP contribution in [0.2, 0.25) is 0 Å². The molecule has 2 aliphatic heterocycles. The molecule has 2 heterocycles. The Morgan fingerprint density at radius 3 is 2.85 bits per heavy atom. The second-order valence-electron chi connectivity index (χ2n) is 5.15. The monoisotopic (exact) mass is 276 g/mol. The molecule has 0 saturated carbocycles. The summed E-state index contributed by atoms with van der Waals surface area (Å²) in [6.07, 6.45) is 1.69. The summed E-state index contributed by atoms with van der Waals surface area (Å²) in [6.45, 7) is 4.06. The van der Waals surface area contributed by atoms with Gasteiger partial charge in [0.2, 0.25) is 5.91 Å². The van der Waals surface area contributed by atoms with Gasteiger partial charge in [0.1, 0.15) is 18.1 Å². The molecule has 0 bridgehead atoms. The molecule has 20 heavy (non-hydrogen) atoms. The average molecular weight is 276 g/mol. The maximum atomic E-state index is 11.7. The first-order valence-corrected chi connectivity index (χ1v) is 7.11. The van der Waals surface area contributed by atoms with Crippen molar-refractivity contribution in [2.24, 2.45) is 0 Å². The average Bonchev–Trinajstić information content (AvgIpc) is 2.89. The van der Waals surface area contributed by atoms with Crippen molar-refractivity contribution in [2.75, 3.05) is 44.8 Å². The zero-order valence-electron chi connectivity index (χ0n) is 11.8. The Hall–Kier alpha value is -1.91. The molecule has 1 saturated heterocycles. The number of benzene rings is 1. The Labute approximate surface area is 119 Å². The number of hydrogen-bond acceptors (Lipinski definition) is 4. The molecule has 0 unspecified atom stereocenters. The van der Waals surface area contributed by atoms with Gasteiger partial charge in [-0.1, -0.05) is 0 Å². The van der Waals surface area contributed by atoms with E-state index in [-0.39, 0.29) is 5.91 Å². The minimum absolute atomic E-state index is 0.282. The lowest BCUT2D eigenvalue weighted by molar-refractivity contribution is -0.127. The molecule has 1 fully saturated rings. The van der Waals surface area contributed by atoms with Crippen LogP contribution in [-0.2, 0) is 4.79 Å². The lowest BCUT2D eigenvalue weighted by atomic mass is 10.2. The number of carbonyl (C=O) groups excluding carboxylic acids is 1. The zero-order chi connectivity index (χ0) is 13.9. The van der Waals surface area contributed by atoms with E-state index in [0.717, 1.165) is 49.8 Å². The largest absolute Gasteiger partial charge is 0.497 e. The van der Waals surface area contributed by atoms with E-state index in [9.17, 15) is 4.79 Å². The van der Waals surface area contributed by atoms with E-state index in [1.807, 2.05) is 23.1 Å². The van der Waals surface area contributed by atoms with Crippen LogP contribution in [0.25, 0.3) is 0 Å². The van der Waals surface area contributed by atoms with E-state index in [1.165, 1.54) is 0 Å². The van der Waals surface area contributed by atoms with Gasteiger partial charge in [0, 0.05) is 32.1 Å². The number of methoxy groups -OCH3 is 1. The number of ether oxygens (including phenoxy) is 2. The highest BCUT2D eigenvalue weighted by Gasteiger charge is 2.23. The van der Waals surface area contributed by atoms with Crippen LogP contribution >= 0.6 is 0 Å². The molecule has 0 aliphatic carbocycles. The van der Waals surface area contributed by atoms with Gasteiger partial charge < -0.3 is 19.3 Å². The fourth-order valence-electron chi connectivity index (χ4n) is 2.79. The molecule has 1 amide bonds. The van der Waals surface area contributed by atoms with Crippen LogP contribution < -0.4 is 14.4 Å². The number of nitrogens with zero attached hydrogens (tertiary/aromatic N) is 2. The summed E-state index contributed by atoms with van der Waals surface area (Å²) in [6, 6.07) is 5.86. The molecule has 1 aromatic carbocycles.